The lowest BCUT2D eigenvalue weighted by Gasteiger charge is -2.13. The summed E-state index contributed by atoms with van der Waals surface area (Å²) in [7, 11) is 0. The van der Waals surface area contributed by atoms with Gasteiger partial charge in [-0.15, -0.1) is 0 Å². The number of hydrogen-bond donors (Lipinski definition) is 0. The van der Waals surface area contributed by atoms with Crippen molar-refractivity contribution in [3.63, 3.8) is 0 Å². The Labute approximate surface area is 264 Å². The average molecular weight is 642 g/mol. The van der Waals surface area contributed by atoms with E-state index in [1.807, 2.05) is 0 Å². The molecule has 0 N–H and O–H groups in total. The summed E-state index contributed by atoms with van der Waals surface area (Å²) in [6.07, 6.45) is 1.11. The third kappa shape index (κ3) is 18.1. The van der Waals surface area contributed by atoms with Crippen LogP contribution < -0.4 is 0 Å². The molecule has 0 spiro atoms. The molecule has 1 aromatic rings. The smallest absolute Gasteiger partial charge is 0.330 e. The molecular formula is C31H47NO13. The fourth-order valence-electron chi connectivity index (χ4n) is 3.72. The zero-order valence-corrected chi connectivity index (χ0v) is 26.0. The Hall–Kier alpha value is -2.79. The molecule has 1 aliphatic rings. The molecule has 1 heterocycles. The van der Waals surface area contributed by atoms with Crippen LogP contribution in [0.2, 0.25) is 0 Å². The first-order chi connectivity index (χ1) is 22.1. The summed E-state index contributed by atoms with van der Waals surface area (Å²) in [6.45, 7) is 11.4. The van der Waals surface area contributed by atoms with Gasteiger partial charge in [-0.05, 0) is 12.1 Å². The van der Waals surface area contributed by atoms with Crippen molar-refractivity contribution < 1.29 is 61.8 Å². The van der Waals surface area contributed by atoms with Gasteiger partial charge in [-0.3, -0.25) is 14.5 Å². The van der Waals surface area contributed by atoms with Crippen LogP contribution in [0.3, 0.4) is 0 Å². The summed E-state index contributed by atoms with van der Waals surface area (Å²) < 4.78 is 53.6. The number of carbonyl (C=O) groups excluding carboxylic acids is 3. The minimum absolute atomic E-state index is 0.191. The Morgan fingerprint density at radius 2 is 0.800 bits per heavy atom. The minimum atomic E-state index is -0.466. The van der Waals surface area contributed by atoms with Gasteiger partial charge in [-0.2, -0.15) is 0 Å². The van der Waals surface area contributed by atoms with Crippen LogP contribution in [0, 0.1) is 0 Å². The lowest BCUT2D eigenvalue weighted by Crippen LogP contribution is -2.33. The number of nitrogens with zero attached hydrogens (tertiary/aromatic N) is 1. The first-order valence-electron chi connectivity index (χ1n) is 15.1. The number of imide groups is 1. The van der Waals surface area contributed by atoms with Crippen LogP contribution in [0.25, 0.3) is 0 Å². The Kier molecular flexibility index (Phi) is 22.5. The van der Waals surface area contributed by atoms with Crippen molar-refractivity contribution in [3.8, 4) is 0 Å². The summed E-state index contributed by atoms with van der Waals surface area (Å²) in [4.78, 5) is 36.6. The van der Waals surface area contributed by atoms with Gasteiger partial charge in [-0.1, -0.05) is 18.7 Å². The average Bonchev–Trinajstić information content (AvgIpc) is 3.30. The van der Waals surface area contributed by atoms with Gasteiger partial charge in [0, 0.05) is 6.08 Å². The van der Waals surface area contributed by atoms with E-state index < -0.39 is 5.97 Å². The highest BCUT2D eigenvalue weighted by molar-refractivity contribution is 6.21. The van der Waals surface area contributed by atoms with E-state index >= 15 is 0 Å². The molecule has 0 radical (unpaired) electrons. The monoisotopic (exact) mass is 641 g/mol. The minimum Gasteiger partial charge on any atom is -0.460 e. The number of amides is 2. The molecule has 0 aliphatic carbocycles. The molecular weight excluding hydrogens is 594 g/mol. The summed E-state index contributed by atoms with van der Waals surface area (Å²) in [5.74, 6) is -1.03. The fourth-order valence-corrected chi connectivity index (χ4v) is 3.72. The van der Waals surface area contributed by atoms with Crippen molar-refractivity contribution in [3.05, 3.63) is 48.0 Å². The summed E-state index contributed by atoms with van der Waals surface area (Å²) in [5.41, 5.74) is 0.876. The number of benzene rings is 1. The molecule has 254 valence electrons. The molecule has 0 fully saturated rings. The maximum atomic E-state index is 12.3. The van der Waals surface area contributed by atoms with Crippen LogP contribution in [-0.2, 0) is 52.2 Å². The molecule has 1 aromatic carbocycles. The predicted molar refractivity (Wildman–Crippen MR) is 160 cm³/mol. The van der Waals surface area contributed by atoms with Gasteiger partial charge in [-0.25, -0.2) is 4.79 Å². The van der Waals surface area contributed by atoms with Gasteiger partial charge in [0.15, 0.2) is 0 Å². The van der Waals surface area contributed by atoms with Crippen LogP contribution in [-0.4, -0.2) is 155 Å². The molecule has 0 saturated heterocycles. The second-order valence-electron chi connectivity index (χ2n) is 9.19. The van der Waals surface area contributed by atoms with E-state index in [2.05, 4.69) is 6.58 Å². The molecule has 0 bridgehead atoms. The number of hydrogen-bond acceptors (Lipinski definition) is 13. The first-order valence-corrected chi connectivity index (χ1v) is 15.1. The second kappa shape index (κ2) is 26.4. The van der Waals surface area contributed by atoms with Crippen molar-refractivity contribution in [1.29, 1.82) is 0 Å². The highest BCUT2D eigenvalue weighted by atomic mass is 16.6. The molecule has 14 heteroatoms. The normalized spacial score (nSPS) is 12.6. The van der Waals surface area contributed by atoms with Crippen LogP contribution in [0.15, 0.2) is 36.9 Å². The number of rotatable bonds is 31. The van der Waals surface area contributed by atoms with E-state index in [0.717, 1.165) is 6.08 Å². The zero-order valence-electron chi connectivity index (χ0n) is 26.0. The van der Waals surface area contributed by atoms with Crippen LogP contribution in [0.5, 0.6) is 0 Å². The second-order valence-corrected chi connectivity index (χ2v) is 9.19. The fraction of sp³-hybridized carbons (Fsp3) is 0.645. The quantitative estimate of drug-likeness (QED) is 0.0495. The Morgan fingerprint density at radius 3 is 1.11 bits per heavy atom. The molecule has 2 rings (SSSR count). The molecule has 1 aliphatic heterocycles. The molecule has 0 unspecified atom stereocenters. The highest BCUT2D eigenvalue weighted by Crippen LogP contribution is 2.21. The SMILES string of the molecule is C=CC(=O)OCCOCCOCCOCCOCCOCCOCCOCCOCCOCCN1C(=O)c2ccccc2C1=O. The predicted octanol–water partition coefficient (Wildman–Crippen LogP) is 1.16. The summed E-state index contributed by atoms with van der Waals surface area (Å²) >= 11 is 0. The van der Waals surface area contributed by atoms with Gasteiger partial charge in [0.2, 0.25) is 0 Å². The third-order valence-electron chi connectivity index (χ3n) is 5.95. The zero-order chi connectivity index (χ0) is 32.2. The molecule has 0 aromatic heterocycles. The van der Waals surface area contributed by atoms with E-state index in [0.29, 0.717) is 123 Å². The Bertz CT molecular complexity index is 926. The largest absolute Gasteiger partial charge is 0.460 e. The third-order valence-corrected chi connectivity index (χ3v) is 5.95. The van der Waals surface area contributed by atoms with Crippen LogP contribution in [0.4, 0.5) is 0 Å². The molecule has 0 saturated carbocycles. The van der Waals surface area contributed by atoms with Crippen molar-refractivity contribution >= 4 is 17.8 Å². The van der Waals surface area contributed by atoms with Gasteiger partial charge >= 0.3 is 5.97 Å². The topological polar surface area (TPSA) is 147 Å². The van der Waals surface area contributed by atoms with Crippen molar-refractivity contribution in [2.45, 2.75) is 0 Å². The number of carbonyl (C=O) groups is 3. The van der Waals surface area contributed by atoms with Gasteiger partial charge in [0.05, 0.1) is 137 Å². The van der Waals surface area contributed by atoms with Crippen molar-refractivity contribution in [1.82, 2.24) is 4.90 Å². The Morgan fingerprint density at radius 1 is 0.511 bits per heavy atom. The molecule has 2 amide bonds. The van der Waals surface area contributed by atoms with Crippen molar-refractivity contribution in [2.24, 2.45) is 0 Å². The summed E-state index contributed by atoms with van der Waals surface area (Å²) in [5, 5.41) is 0. The number of ether oxygens (including phenoxy) is 10. The molecule has 45 heavy (non-hydrogen) atoms. The first kappa shape index (κ1) is 38.4. The van der Waals surface area contributed by atoms with Gasteiger partial charge in [0.1, 0.15) is 6.61 Å². The van der Waals surface area contributed by atoms with E-state index in [-0.39, 0.29) is 31.6 Å². The lowest BCUT2D eigenvalue weighted by molar-refractivity contribution is -0.139. The van der Waals surface area contributed by atoms with E-state index in [1.165, 1.54) is 4.90 Å². The van der Waals surface area contributed by atoms with E-state index in [4.69, 9.17) is 47.4 Å². The number of esters is 1. The Balaban J connectivity index is 1.20. The maximum Gasteiger partial charge on any atom is 0.330 e. The van der Waals surface area contributed by atoms with Gasteiger partial charge in [0.25, 0.3) is 11.8 Å². The van der Waals surface area contributed by atoms with E-state index in [9.17, 15) is 14.4 Å². The molecule has 0 atom stereocenters. The highest BCUT2D eigenvalue weighted by Gasteiger charge is 2.34. The van der Waals surface area contributed by atoms with Crippen LogP contribution >= 0.6 is 0 Å². The van der Waals surface area contributed by atoms with Crippen molar-refractivity contribution in [2.75, 3.05) is 132 Å². The maximum absolute atomic E-state index is 12.3. The molecule has 14 nitrogen and oxygen atoms in total. The number of fused-ring (bicyclic) bond motifs is 1. The lowest BCUT2D eigenvalue weighted by atomic mass is 10.1. The summed E-state index contributed by atoms with van der Waals surface area (Å²) in [6, 6.07) is 6.80. The van der Waals surface area contributed by atoms with E-state index in [1.54, 1.807) is 24.3 Å². The van der Waals surface area contributed by atoms with Gasteiger partial charge < -0.3 is 47.4 Å². The van der Waals surface area contributed by atoms with Crippen LogP contribution in [0.1, 0.15) is 20.7 Å². The standard InChI is InChI=1S/C31H47NO13/c1-2-29(33)45-26-25-44-24-23-43-22-21-42-20-19-41-18-17-40-16-15-39-14-13-38-12-11-37-10-9-36-8-7-32-30(34)27-5-3-4-6-28(27)31(32)35/h2-6H,1,7-26H2.